The molecule has 19 heavy (non-hydrogen) atoms. The molecule has 0 radical (unpaired) electrons. The van der Waals surface area contributed by atoms with Gasteiger partial charge in [0, 0.05) is 0 Å². The zero-order valence-electron chi connectivity index (χ0n) is 14.0. The molecule has 1 aliphatic carbocycles. The van der Waals surface area contributed by atoms with E-state index in [4.69, 9.17) is 0 Å². The Balaban J connectivity index is 2.70. The van der Waals surface area contributed by atoms with Crippen LogP contribution >= 0.6 is 0 Å². The Morgan fingerprint density at radius 1 is 1.37 bits per heavy atom. The molecule has 0 amide bonds. The molecule has 0 saturated heterocycles. The molecule has 0 aromatic heterocycles. The molecule has 0 heteroatoms. The highest BCUT2D eigenvalue weighted by atomic mass is 14.5. The Morgan fingerprint density at radius 2 is 1.95 bits per heavy atom. The molecule has 4 unspecified atom stereocenters. The first-order valence-corrected chi connectivity index (χ1v) is 8.16. The van der Waals surface area contributed by atoms with Crippen LogP contribution in [-0.2, 0) is 0 Å². The molecule has 110 valence electrons. The van der Waals surface area contributed by atoms with Crippen LogP contribution in [-0.4, -0.2) is 0 Å². The van der Waals surface area contributed by atoms with Crippen molar-refractivity contribution in [3.05, 3.63) is 24.3 Å². The van der Waals surface area contributed by atoms with Crippen molar-refractivity contribution in [2.24, 2.45) is 29.1 Å². The van der Waals surface area contributed by atoms with E-state index in [1.54, 1.807) is 5.57 Å². The number of rotatable bonds is 8. The lowest BCUT2D eigenvalue weighted by Gasteiger charge is -2.35. The second kappa shape index (κ2) is 6.77. The van der Waals surface area contributed by atoms with E-state index in [-0.39, 0.29) is 0 Å². The van der Waals surface area contributed by atoms with Gasteiger partial charge in [-0.1, -0.05) is 45.4 Å². The van der Waals surface area contributed by atoms with Crippen molar-refractivity contribution in [2.45, 2.75) is 67.2 Å². The highest BCUT2D eigenvalue weighted by Gasteiger charge is 2.41. The van der Waals surface area contributed by atoms with E-state index >= 15 is 0 Å². The van der Waals surface area contributed by atoms with Gasteiger partial charge in [0.15, 0.2) is 0 Å². The molecular weight excluding hydrogens is 228 g/mol. The molecule has 0 nitrogen and oxygen atoms in total. The lowest BCUT2D eigenvalue weighted by molar-refractivity contribution is 0.197. The molecule has 0 spiro atoms. The van der Waals surface area contributed by atoms with Gasteiger partial charge in [-0.25, -0.2) is 0 Å². The number of allylic oxidation sites excluding steroid dienone is 3. The molecule has 1 aliphatic rings. The topological polar surface area (TPSA) is 0 Å². The third-order valence-electron chi connectivity index (χ3n) is 5.75. The van der Waals surface area contributed by atoms with Crippen LogP contribution in [0.5, 0.6) is 0 Å². The van der Waals surface area contributed by atoms with Crippen molar-refractivity contribution >= 4 is 0 Å². The standard InChI is InChI=1S/C19H34/c1-8-14(4)18(9-2)16(6)15(5)13-19(7,10-3)17-11-12-17/h8,10,15-18H,3,9,11-13H2,1-2,4-7H3. The van der Waals surface area contributed by atoms with Gasteiger partial charge in [-0.05, 0) is 68.6 Å². The SMILES string of the molecule is C=CC(C)(CC(C)C(C)C(CC)C(C)=CC)C1CC1. The van der Waals surface area contributed by atoms with Crippen LogP contribution in [0.3, 0.4) is 0 Å². The summed E-state index contributed by atoms with van der Waals surface area (Å²) in [4.78, 5) is 0. The Kier molecular flexibility index (Phi) is 5.89. The summed E-state index contributed by atoms with van der Waals surface area (Å²) in [5.74, 6) is 3.18. The summed E-state index contributed by atoms with van der Waals surface area (Å²) in [6.07, 6.45) is 9.91. The fraction of sp³-hybridized carbons (Fsp3) is 0.789. The van der Waals surface area contributed by atoms with Crippen LogP contribution in [0.1, 0.15) is 67.2 Å². The van der Waals surface area contributed by atoms with Gasteiger partial charge in [-0.2, -0.15) is 0 Å². The summed E-state index contributed by atoms with van der Waals surface area (Å²) in [6, 6.07) is 0. The Hall–Kier alpha value is -0.520. The molecule has 0 aromatic rings. The van der Waals surface area contributed by atoms with Gasteiger partial charge in [0.05, 0.1) is 0 Å². The van der Waals surface area contributed by atoms with Gasteiger partial charge in [-0.3, -0.25) is 0 Å². The molecule has 4 atom stereocenters. The van der Waals surface area contributed by atoms with Gasteiger partial charge in [0.25, 0.3) is 0 Å². The van der Waals surface area contributed by atoms with E-state index < -0.39 is 0 Å². The minimum absolute atomic E-state index is 0.371. The zero-order chi connectivity index (χ0) is 14.6. The van der Waals surface area contributed by atoms with Crippen LogP contribution in [0.4, 0.5) is 0 Å². The van der Waals surface area contributed by atoms with Crippen LogP contribution in [0.15, 0.2) is 24.3 Å². The summed E-state index contributed by atoms with van der Waals surface area (Å²) in [5, 5.41) is 0. The number of hydrogen-bond donors (Lipinski definition) is 0. The normalized spacial score (nSPS) is 24.4. The second-order valence-corrected chi connectivity index (χ2v) is 7.07. The molecule has 1 fully saturated rings. The average molecular weight is 262 g/mol. The Bertz CT molecular complexity index is 321. The molecule has 0 heterocycles. The van der Waals surface area contributed by atoms with E-state index in [0.717, 1.165) is 23.7 Å². The van der Waals surface area contributed by atoms with Gasteiger partial charge >= 0.3 is 0 Å². The maximum atomic E-state index is 4.11. The van der Waals surface area contributed by atoms with Crippen LogP contribution < -0.4 is 0 Å². The van der Waals surface area contributed by atoms with Crippen LogP contribution in [0, 0.1) is 29.1 Å². The lowest BCUT2D eigenvalue weighted by Crippen LogP contribution is -2.26. The van der Waals surface area contributed by atoms with Crippen molar-refractivity contribution < 1.29 is 0 Å². The second-order valence-electron chi connectivity index (χ2n) is 7.07. The minimum Gasteiger partial charge on any atom is -0.103 e. The van der Waals surface area contributed by atoms with Crippen LogP contribution in [0.25, 0.3) is 0 Å². The predicted octanol–water partition coefficient (Wildman–Crippen LogP) is 6.24. The molecule has 0 N–H and O–H groups in total. The van der Waals surface area contributed by atoms with Crippen molar-refractivity contribution in [1.29, 1.82) is 0 Å². The quantitative estimate of drug-likeness (QED) is 0.454. The summed E-state index contributed by atoms with van der Waals surface area (Å²) in [7, 11) is 0. The maximum Gasteiger partial charge on any atom is -0.0118 e. The van der Waals surface area contributed by atoms with Crippen molar-refractivity contribution in [3.63, 3.8) is 0 Å². The van der Waals surface area contributed by atoms with Gasteiger partial charge in [0.2, 0.25) is 0 Å². The molecule has 1 rings (SSSR count). The summed E-state index contributed by atoms with van der Waals surface area (Å²) >= 11 is 0. The molecular formula is C19H34. The third kappa shape index (κ3) is 3.97. The highest BCUT2D eigenvalue weighted by molar-refractivity contribution is 5.06. The largest absolute Gasteiger partial charge is 0.103 e. The van der Waals surface area contributed by atoms with Gasteiger partial charge in [0.1, 0.15) is 0 Å². The third-order valence-corrected chi connectivity index (χ3v) is 5.75. The van der Waals surface area contributed by atoms with E-state index in [2.05, 4.69) is 60.3 Å². The molecule has 1 saturated carbocycles. The monoisotopic (exact) mass is 262 g/mol. The Morgan fingerprint density at radius 3 is 2.32 bits per heavy atom. The summed E-state index contributed by atoms with van der Waals surface area (Å²) in [5.41, 5.74) is 1.93. The first-order valence-electron chi connectivity index (χ1n) is 8.16. The number of hydrogen-bond acceptors (Lipinski definition) is 0. The predicted molar refractivity (Wildman–Crippen MR) is 87.2 cm³/mol. The van der Waals surface area contributed by atoms with E-state index in [1.165, 1.54) is 25.7 Å². The summed E-state index contributed by atoms with van der Waals surface area (Å²) in [6.45, 7) is 18.2. The van der Waals surface area contributed by atoms with Crippen molar-refractivity contribution in [3.8, 4) is 0 Å². The summed E-state index contributed by atoms with van der Waals surface area (Å²) < 4.78 is 0. The maximum absolute atomic E-state index is 4.11. The first kappa shape index (κ1) is 16.5. The fourth-order valence-electron chi connectivity index (χ4n) is 3.76. The van der Waals surface area contributed by atoms with E-state index in [0.29, 0.717) is 5.41 Å². The average Bonchev–Trinajstić information content (AvgIpc) is 3.23. The molecule has 0 bridgehead atoms. The van der Waals surface area contributed by atoms with E-state index in [9.17, 15) is 0 Å². The zero-order valence-corrected chi connectivity index (χ0v) is 14.0. The highest BCUT2D eigenvalue weighted by Crippen LogP contribution is 2.51. The molecule has 0 aromatic carbocycles. The van der Waals surface area contributed by atoms with Crippen LogP contribution in [0.2, 0.25) is 0 Å². The van der Waals surface area contributed by atoms with Crippen molar-refractivity contribution in [1.82, 2.24) is 0 Å². The molecule has 0 aliphatic heterocycles. The minimum atomic E-state index is 0.371. The fourth-order valence-corrected chi connectivity index (χ4v) is 3.76. The van der Waals surface area contributed by atoms with E-state index in [1.807, 2.05) is 0 Å². The lowest BCUT2D eigenvalue weighted by atomic mass is 9.70. The Labute approximate surface area is 121 Å². The smallest absolute Gasteiger partial charge is 0.0118 e. The van der Waals surface area contributed by atoms with Gasteiger partial charge in [-0.15, -0.1) is 6.58 Å². The van der Waals surface area contributed by atoms with Gasteiger partial charge < -0.3 is 0 Å². The first-order chi connectivity index (χ1) is 8.89. The van der Waals surface area contributed by atoms with Crippen molar-refractivity contribution in [2.75, 3.05) is 0 Å².